The molecule has 0 aromatic heterocycles. The fourth-order valence-electron chi connectivity index (χ4n) is 4.78. The minimum absolute atomic E-state index is 0.0135. The molecule has 2 aromatic rings. The molecular formula is C25H32ClN3O4S. The molecule has 2 fully saturated rings. The van der Waals surface area contributed by atoms with Crippen LogP contribution in [0.2, 0.25) is 5.02 Å². The second kappa shape index (κ2) is 10.5. The van der Waals surface area contributed by atoms with Crippen molar-refractivity contribution in [3.63, 3.8) is 0 Å². The third-order valence-electron chi connectivity index (χ3n) is 6.71. The Kier molecular flexibility index (Phi) is 7.70. The Hall–Kier alpha value is -2.29. The van der Waals surface area contributed by atoms with Gasteiger partial charge in [0.2, 0.25) is 10.0 Å². The van der Waals surface area contributed by atoms with Gasteiger partial charge >= 0.3 is 0 Å². The number of hydrogen-bond donors (Lipinski definition) is 1. The van der Waals surface area contributed by atoms with Crippen LogP contribution in [0.5, 0.6) is 5.75 Å². The van der Waals surface area contributed by atoms with Crippen LogP contribution in [0.1, 0.15) is 48.0 Å². The van der Waals surface area contributed by atoms with Crippen molar-refractivity contribution in [1.29, 1.82) is 0 Å². The first-order chi connectivity index (χ1) is 16.3. The molecule has 34 heavy (non-hydrogen) atoms. The average molecular weight is 506 g/mol. The zero-order chi connectivity index (χ0) is 24.3. The highest BCUT2D eigenvalue weighted by atomic mass is 35.5. The van der Waals surface area contributed by atoms with Crippen molar-refractivity contribution in [2.45, 2.75) is 50.0 Å². The van der Waals surface area contributed by atoms with Crippen LogP contribution in [0, 0.1) is 6.92 Å². The van der Waals surface area contributed by atoms with Crippen LogP contribution in [-0.4, -0.2) is 58.6 Å². The zero-order valence-corrected chi connectivity index (χ0v) is 21.3. The van der Waals surface area contributed by atoms with E-state index in [0.29, 0.717) is 36.8 Å². The predicted molar refractivity (Wildman–Crippen MR) is 134 cm³/mol. The van der Waals surface area contributed by atoms with Crippen LogP contribution in [-0.2, 0) is 10.0 Å². The number of carbonyl (C=O) groups is 1. The van der Waals surface area contributed by atoms with E-state index in [4.69, 9.17) is 16.3 Å². The molecule has 2 aromatic carbocycles. The van der Waals surface area contributed by atoms with Crippen LogP contribution >= 0.6 is 11.6 Å². The van der Waals surface area contributed by atoms with Gasteiger partial charge < -0.3 is 14.5 Å². The minimum atomic E-state index is -3.81. The highest BCUT2D eigenvalue weighted by Gasteiger charge is 2.28. The van der Waals surface area contributed by atoms with E-state index in [1.165, 1.54) is 13.2 Å². The quantitative estimate of drug-likeness (QED) is 0.635. The highest BCUT2D eigenvalue weighted by molar-refractivity contribution is 7.89. The monoisotopic (exact) mass is 505 g/mol. The molecule has 1 N–H and O–H groups in total. The number of methoxy groups -OCH3 is 1. The topological polar surface area (TPSA) is 79.0 Å². The maximum Gasteiger partial charge on any atom is 0.254 e. The first-order valence-electron chi connectivity index (χ1n) is 11.8. The number of carbonyl (C=O) groups excluding carboxylic acids is 1. The van der Waals surface area contributed by atoms with Gasteiger partial charge in [-0.2, -0.15) is 0 Å². The molecule has 4 rings (SSSR count). The Bertz CT molecular complexity index is 1140. The molecule has 1 aliphatic heterocycles. The lowest BCUT2D eigenvalue weighted by Gasteiger charge is -2.37. The van der Waals surface area contributed by atoms with Crippen molar-refractivity contribution in [2.75, 3.05) is 38.2 Å². The molecule has 1 heterocycles. The first-order valence-corrected chi connectivity index (χ1v) is 13.7. The number of piperazine rings is 1. The smallest absolute Gasteiger partial charge is 0.254 e. The van der Waals surface area contributed by atoms with E-state index in [2.05, 4.69) is 9.62 Å². The number of rotatable bonds is 6. The average Bonchev–Trinajstić information content (AvgIpc) is 2.85. The molecule has 0 bridgehead atoms. The van der Waals surface area contributed by atoms with Gasteiger partial charge in [0.05, 0.1) is 7.11 Å². The maximum absolute atomic E-state index is 13.3. The van der Waals surface area contributed by atoms with Crippen LogP contribution in [0.25, 0.3) is 0 Å². The Morgan fingerprint density at radius 1 is 1.03 bits per heavy atom. The number of sulfonamides is 1. The summed E-state index contributed by atoms with van der Waals surface area (Å²) in [6, 6.07) is 10.4. The minimum Gasteiger partial charge on any atom is -0.495 e. The number of hydrogen-bond acceptors (Lipinski definition) is 5. The lowest BCUT2D eigenvalue weighted by Crippen LogP contribution is -2.49. The van der Waals surface area contributed by atoms with Gasteiger partial charge in [-0.05, 0) is 55.7 Å². The fraction of sp³-hybridized carbons (Fsp3) is 0.480. The van der Waals surface area contributed by atoms with Crippen molar-refractivity contribution in [1.82, 2.24) is 9.62 Å². The summed E-state index contributed by atoms with van der Waals surface area (Å²) in [6.45, 7) is 4.48. The van der Waals surface area contributed by atoms with Gasteiger partial charge in [-0.25, -0.2) is 13.1 Å². The molecule has 0 atom stereocenters. The molecule has 0 radical (unpaired) electrons. The Morgan fingerprint density at radius 3 is 2.41 bits per heavy atom. The van der Waals surface area contributed by atoms with Gasteiger partial charge in [0.1, 0.15) is 10.6 Å². The van der Waals surface area contributed by atoms with E-state index >= 15 is 0 Å². The van der Waals surface area contributed by atoms with Crippen LogP contribution in [0.15, 0.2) is 41.3 Å². The number of benzene rings is 2. The standard InChI is InChI=1S/C25H32ClN3O4S/c1-18-8-10-20(26)17-22(18)28-12-14-29(15-13-28)25(30)19-9-11-23(33-2)24(16-19)34(31,32)27-21-6-4-3-5-7-21/h8-11,16-17,21,27H,3-7,12-15H2,1-2H3. The van der Waals surface area contributed by atoms with Gasteiger partial charge in [-0.15, -0.1) is 0 Å². The lowest BCUT2D eigenvalue weighted by molar-refractivity contribution is 0.0746. The third-order valence-corrected chi connectivity index (χ3v) is 8.48. The van der Waals surface area contributed by atoms with E-state index in [9.17, 15) is 13.2 Å². The number of nitrogens with one attached hydrogen (secondary N) is 1. The second-order valence-corrected chi connectivity index (χ2v) is 11.2. The van der Waals surface area contributed by atoms with Crippen molar-refractivity contribution in [2.24, 2.45) is 0 Å². The Labute approximate surface area is 207 Å². The SMILES string of the molecule is COc1ccc(C(=O)N2CCN(c3cc(Cl)ccc3C)CC2)cc1S(=O)(=O)NC1CCCCC1. The van der Waals surface area contributed by atoms with Gasteiger partial charge in [0, 0.05) is 48.5 Å². The predicted octanol–water partition coefficient (Wildman–Crippen LogP) is 4.23. The van der Waals surface area contributed by atoms with Gasteiger partial charge in [-0.3, -0.25) is 4.79 Å². The molecule has 7 nitrogen and oxygen atoms in total. The van der Waals surface area contributed by atoms with Crippen molar-refractivity contribution in [3.05, 3.63) is 52.5 Å². The summed E-state index contributed by atoms with van der Waals surface area (Å²) in [5.74, 6) is 0.0559. The number of aryl methyl sites for hydroxylation is 1. The zero-order valence-electron chi connectivity index (χ0n) is 19.7. The first kappa shape index (κ1) is 24.8. The summed E-state index contributed by atoms with van der Waals surface area (Å²) in [4.78, 5) is 17.3. The molecule has 1 saturated carbocycles. The number of anilines is 1. The van der Waals surface area contributed by atoms with Crippen molar-refractivity contribution in [3.8, 4) is 5.75 Å². The largest absolute Gasteiger partial charge is 0.495 e. The summed E-state index contributed by atoms with van der Waals surface area (Å²) < 4.78 is 34.5. The molecule has 0 spiro atoms. The Morgan fingerprint density at radius 2 is 1.74 bits per heavy atom. The van der Waals surface area contributed by atoms with Gasteiger partial charge in [0.25, 0.3) is 5.91 Å². The van der Waals surface area contributed by atoms with Crippen molar-refractivity contribution < 1.29 is 17.9 Å². The number of amides is 1. The Balaban J connectivity index is 1.49. The number of nitrogens with zero attached hydrogens (tertiary/aromatic N) is 2. The highest BCUT2D eigenvalue weighted by Crippen LogP contribution is 2.29. The van der Waals surface area contributed by atoms with E-state index in [0.717, 1.165) is 43.4 Å². The van der Waals surface area contributed by atoms with E-state index in [1.54, 1.807) is 17.0 Å². The summed E-state index contributed by atoms with van der Waals surface area (Å²) in [5, 5.41) is 0.688. The van der Waals surface area contributed by atoms with Crippen molar-refractivity contribution >= 4 is 33.2 Å². The van der Waals surface area contributed by atoms with Gasteiger partial charge in [0.15, 0.2) is 0 Å². The molecule has 1 aliphatic carbocycles. The summed E-state index contributed by atoms with van der Waals surface area (Å²) in [5.41, 5.74) is 2.56. The molecule has 9 heteroatoms. The summed E-state index contributed by atoms with van der Waals surface area (Å²) in [7, 11) is -2.37. The molecule has 1 amide bonds. The van der Waals surface area contributed by atoms with Crippen LogP contribution in [0.3, 0.4) is 0 Å². The third kappa shape index (κ3) is 5.50. The fourth-order valence-corrected chi connectivity index (χ4v) is 6.45. The molecule has 0 unspecified atom stereocenters. The number of halogens is 1. The van der Waals surface area contributed by atoms with Crippen LogP contribution in [0.4, 0.5) is 5.69 Å². The molecular weight excluding hydrogens is 474 g/mol. The van der Waals surface area contributed by atoms with E-state index in [-0.39, 0.29) is 22.6 Å². The lowest BCUT2D eigenvalue weighted by atomic mass is 9.96. The number of ether oxygens (including phenoxy) is 1. The summed E-state index contributed by atoms with van der Waals surface area (Å²) in [6.07, 6.45) is 4.83. The van der Waals surface area contributed by atoms with Crippen LogP contribution < -0.4 is 14.4 Å². The molecule has 1 saturated heterocycles. The summed E-state index contributed by atoms with van der Waals surface area (Å²) >= 11 is 6.18. The van der Waals surface area contributed by atoms with E-state index < -0.39 is 10.0 Å². The van der Waals surface area contributed by atoms with E-state index in [1.807, 2.05) is 25.1 Å². The normalized spacial score (nSPS) is 17.6. The second-order valence-electron chi connectivity index (χ2n) is 9.03. The molecule has 2 aliphatic rings. The maximum atomic E-state index is 13.3. The van der Waals surface area contributed by atoms with Gasteiger partial charge in [-0.1, -0.05) is 36.9 Å². The molecule has 184 valence electrons.